The minimum Gasteiger partial charge on any atom is -0.389 e. The maximum absolute atomic E-state index is 12.6. The SMILES string of the molecule is CC.CNC(=O)c1ccccc1Cl.OC1CN(c2ccccc2C(F)(F)F)C1. The Kier molecular flexibility index (Phi) is 9.28. The van der Waals surface area contributed by atoms with Crippen molar-refractivity contribution in [1.29, 1.82) is 0 Å². The number of nitrogens with zero attached hydrogens (tertiary/aromatic N) is 1. The Hall–Kier alpha value is -2.25. The van der Waals surface area contributed by atoms with Gasteiger partial charge in [0, 0.05) is 25.8 Å². The first-order valence-corrected chi connectivity index (χ1v) is 9.17. The third-order valence-corrected chi connectivity index (χ3v) is 4.09. The van der Waals surface area contributed by atoms with E-state index in [0.717, 1.165) is 6.07 Å². The van der Waals surface area contributed by atoms with Crippen LogP contribution in [0.4, 0.5) is 18.9 Å². The number of hydrogen-bond acceptors (Lipinski definition) is 3. The van der Waals surface area contributed by atoms with Crippen LogP contribution < -0.4 is 10.2 Å². The van der Waals surface area contributed by atoms with Crippen LogP contribution in [0.1, 0.15) is 29.8 Å². The fraction of sp³-hybridized carbons (Fsp3) is 0.350. The topological polar surface area (TPSA) is 52.6 Å². The average Bonchev–Trinajstić information content (AvgIpc) is 2.67. The highest BCUT2D eigenvalue weighted by Crippen LogP contribution is 2.37. The summed E-state index contributed by atoms with van der Waals surface area (Å²) >= 11 is 5.74. The molecule has 0 saturated carbocycles. The number of aliphatic hydroxyl groups is 1. The molecule has 3 rings (SSSR count). The number of carbonyl (C=O) groups is 1. The van der Waals surface area contributed by atoms with E-state index >= 15 is 0 Å². The van der Waals surface area contributed by atoms with Crippen molar-refractivity contribution in [3.05, 3.63) is 64.7 Å². The van der Waals surface area contributed by atoms with Crippen LogP contribution in [0.2, 0.25) is 5.02 Å². The summed E-state index contributed by atoms with van der Waals surface area (Å²) in [5.74, 6) is -0.157. The van der Waals surface area contributed by atoms with Crippen LogP contribution in [0.15, 0.2) is 48.5 Å². The third-order valence-electron chi connectivity index (χ3n) is 3.76. The number of para-hydroxylation sites is 1. The van der Waals surface area contributed by atoms with Gasteiger partial charge < -0.3 is 15.3 Å². The minimum atomic E-state index is -4.34. The van der Waals surface area contributed by atoms with Gasteiger partial charge in [-0.1, -0.05) is 49.7 Å². The zero-order chi connectivity index (χ0) is 21.3. The van der Waals surface area contributed by atoms with E-state index in [-0.39, 0.29) is 24.7 Å². The summed E-state index contributed by atoms with van der Waals surface area (Å²) < 4.78 is 37.7. The van der Waals surface area contributed by atoms with Gasteiger partial charge in [0.1, 0.15) is 0 Å². The monoisotopic (exact) mass is 416 g/mol. The van der Waals surface area contributed by atoms with E-state index in [0.29, 0.717) is 10.6 Å². The molecule has 0 aromatic heterocycles. The van der Waals surface area contributed by atoms with Gasteiger partial charge in [0.15, 0.2) is 0 Å². The van der Waals surface area contributed by atoms with Crippen molar-refractivity contribution in [2.75, 3.05) is 25.0 Å². The Morgan fingerprint density at radius 3 is 2.14 bits per heavy atom. The number of halogens is 4. The first kappa shape index (κ1) is 23.8. The lowest BCUT2D eigenvalue weighted by atomic mass is 10.1. The molecule has 1 aliphatic heterocycles. The van der Waals surface area contributed by atoms with Gasteiger partial charge in [0.2, 0.25) is 0 Å². The zero-order valence-electron chi connectivity index (χ0n) is 15.9. The van der Waals surface area contributed by atoms with Gasteiger partial charge in [-0.25, -0.2) is 0 Å². The first-order chi connectivity index (χ1) is 13.2. The minimum absolute atomic E-state index is 0.148. The Bertz CT molecular complexity index is 763. The lowest BCUT2D eigenvalue weighted by Gasteiger charge is -2.39. The number of amides is 1. The number of β-amino-alcohol motifs (C(OH)–C–C–N with tert-alkyl or cyclic N) is 1. The highest BCUT2D eigenvalue weighted by molar-refractivity contribution is 6.33. The summed E-state index contributed by atoms with van der Waals surface area (Å²) in [6.45, 7) is 4.54. The third kappa shape index (κ3) is 6.42. The second kappa shape index (κ2) is 10.9. The van der Waals surface area contributed by atoms with E-state index in [9.17, 15) is 18.0 Å². The molecule has 0 spiro atoms. The van der Waals surface area contributed by atoms with Crippen LogP contribution >= 0.6 is 11.6 Å². The van der Waals surface area contributed by atoms with E-state index in [1.165, 1.54) is 17.0 Å². The normalized spacial score (nSPS) is 13.4. The fourth-order valence-electron chi connectivity index (χ4n) is 2.42. The smallest absolute Gasteiger partial charge is 0.389 e. The van der Waals surface area contributed by atoms with E-state index in [2.05, 4.69) is 5.32 Å². The summed E-state index contributed by atoms with van der Waals surface area (Å²) in [4.78, 5) is 12.6. The largest absolute Gasteiger partial charge is 0.418 e. The number of benzene rings is 2. The maximum atomic E-state index is 12.6. The number of rotatable bonds is 2. The van der Waals surface area contributed by atoms with Crippen LogP contribution in [-0.2, 0) is 6.18 Å². The standard InChI is InChI=1S/C10H10F3NO.C8H8ClNO.C2H6/c11-10(12,13)8-3-1-2-4-9(8)14-5-7(15)6-14;1-10-8(11)6-4-2-3-5-7(6)9;1-2/h1-4,7,15H,5-6H2;2-5H,1H3,(H,10,11);1-2H3. The van der Waals surface area contributed by atoms with E-state index < -0.39 is 17.8 Å². The molecule has 28 heavy (non-hydrogen) atoms. The first-order valence-electron chi connectivity index (χ1n) is 8.80. The molecule has 0 bridgehead atoms. The average molecular weight is 417 g/mol. The highest BCUT2D eigenvalue weighted by Gasteiger charge is 2.37. The van der Waals surface area contributed by atoms with Gasteiger partial charge in [0.05, 0.1) is 22.3 Å². The summed E-state index contributed by atoms with van der Waals surface area (Å²) in [7, 11) is 1.58. The van der Waals surface area contributed by atoms with Crippen molar-refractivity contribution < 1.29 is 23.1 Å². The van der Waals surface area contributed by atoms with E-state index in [4.69, 9.17) is 16.7 Å². The molecular formula is C20H24ClF3N2O2. The molecule has 0 atom stereocenters. The number of alkyl halides is 3. The van der Waals surface area contributed by atoms with Crippen molar-refractivity contribution in [3.63, 3.8) is 0 Å². The molecular weight excluding hydrogens is 393 g/mol. The zero-order valence-corrected chi connectivity index (χ0v) is 16.7. The molecule has 2 N–H and O–H groups in total. The van der Waals surface area contributed by atoms with Crippen LogP contribution in [0, 0.1) is 0 Å². The lowest BCUT2D eigenvalue weighted by Crippen LogP contribution is -2.51. The molecule has 8 heteroatoms. The Morgan fingerprint density at radius 2 is 1.64 bits per heavy atom. The predicted octanol–water partition coefficient (Wildman–Crippen LogP) is 4.61. The fourth-order valence-corrected chi connectivity index (χ4v) is 2.64. The number of nitrogens with one attached hydrogen (secondary N) is 1. The molecule has 2 aromatic rings. The molecule has 154 valence electrons. The van der Waals surface area contributed by atoms with Crippen LogP contribution in [-0.4, -0.2) is 37.3 Å². The summed E-state index contributed by atoms with van der Waals surface area (Å²) in [5.41, 5.74) is 0.0175. The Labute approximate surface area is 167 Å². The Balaban J connectivity index is 0.000000268. The molecule has 1 heterocycles. The van der Waals surface area contributed by atoms with Crippen molar-refractivity contribution >= 4 is 23.2 Å². The maximum Gasteiger partial charge on any atom is 0.418 e. The predicted molar refractivity (Wildman–Crippen MR) is 106 cm³/mol. The molecule has 0 aliphatic carbocycles. The quantitative estimate of drug-likeness (QED) is 0.751. The van der Waals surface area contributed by atoms with Gasteiger partial charge in [-0.15, -0.1) is 0 Å². The lowest BCUT2D eigenvalue weighted by molar-refractivity contribution is -0.137. The van der Waals surface area contributed by atoms with Crippen LogP contribution in [0.5, 0.6) is 0 Å². The summed E-state index contributed by atoms with van der Waals surface area (Å²) in [5, 5.41) is 12.0. The highest BCUT2D eigenvalue weighted by atomic mass is 35.5. The van der Waals surface area contributed by atoms with Crippen molar-refractivity contribution in [3.8, 4) is 0 Å². The molecule has 1 aliphatic rings. The van der Waals surface area contributed by atoms with Gasteiger partial charge in [-0.05, 0) is 24.3 Å². The second-order valence-corrected chi connectivity index (χ2v) is 6.04. The Morgan fingerprint density at radius 1 is 1.11 bits per heavy atom. The molecule has 0 unspecified atom stereocenters. The summed E-state index contributed by atoms with van der Waals surface area (Å²) in [6.07, 6.45) is -4.84. The molecule has 1 amide bonds. The van der Waals surface area contributed by atoms with E-state index in [1.54, 1.807) is 37.4 Å². The molecule has 4 nitrogen and oxygen atoms in total. The number of carbonyl (C=O) groups excluding carboxylic acids is 1. The molecule has 2 aromatic carbocycles. The molecule has 0 radical (unpaired) electrons. The van der Waals surface area contributed by atoms with Crippen molar-refractivity contribution in [2.45, 2.75) is 26.1 Å². The van der Waals surface area contributed by atoms with Gasteiger partial charge in [-0.2, -0.15) is 13.2 Å². The number of hydrogen-bond donors (Lipinski definition) is 2. The summed E-state index contributed by atoms with van der Waals surface area (Å²) in [6, 6.07) is 12.3. The number of aliphatic hydroxyl groups excluding tert-OH is 1. The molecule has 1 fully saturated rings. The van der Waals surface area contributed by atoms with Gasteiger partial charge in [-0.3, -0.25) is 4.79 Å². The van der Waals surface area contributed by atoms with Crippen LogP contribution in [0.3, 0.4) is 0 Å². The van der Waals surface area contributed by atoms with Gasteiger partial charge >= 0.3 is 6.18 Å². The van der Waals surface area contributed by atoms with Crippen molar-refractivity contribution in [1.82, 2.24) is 5.32 Å². The number of anilines is 1. The molecule has 1 saturated heterocycles. The van der Waals surface area contributed by atoms with Crippen molar-refractivity contribution in [2.24, 2.45) is 0 Å². The second-order valence-electron chi connectivity index (χ2n) is 5.63. The van der Waals surface area contributed by atoms with Gasteiger partial charge in [0.25, 0.3) is 5.91 Å². The van der Waals surface area contributed by atoms with Crippen LogP contribution in [0.25, 0.3) is 0 Å². The van der Waals surface area contributed by atoms with E-state index in [1.807, 2.05) is 13.8 Å².